The molecule has 4 heteroatoms. The second kappa shape index (κ2) is 5.59. The van der Waals surface area contributed by atoms with E-state index in [1.807, 2.05) is 12.1 Å². The molecule has 0 aliphatic carbocycles. The van der Waals surface area contributed by atoms with Gasteiger partial charge in [0.25, 0.3) is 0 Å². The van der Waals surface area contributed by atoms with E-state index in [-0.39, 0.29) is 5.78 Å². The van der Waals surface area contributed by atoms with E-state index in [0.29, 0.717) is 6.42 Å². The average molecular weight is 232 g/mol. The lowest BCUT2D eigenvalue weighted by Crippen LogP contribution is -2.20. The van der Waals surface area contributed by atoms with E-state index in [1.165, 1.54) is 12.0 Å². The molecule has 1 heterocycles. The average Bonchev–Trinajstić information content (AvgIpc) is 2.75. The van der Waals surface area contributed by atoms with Gasteiger partial charge in [0.2, 0.25) is 0 Å². The number of Topliss-reactive ketones (excluding diaryl/α,β-unsaturated/α-hetero) is 1. The lowest BCUT2D eigenvalue weighted by Gasteiger charge is -2.03. The Labute approximate surface area is 100 Å². The van der Waals surface area contributed by atoms with Crippen molar-refractivity contribution in [3.05, 3.63) is 30.2 Å². The van der Waals surface area contributed by atoms with Gasteiger partial charge in [0.1, 0.15) is 11.3 Å². The summed E-state index contributed by atoms with van der Waals surface area (Å²) in [6, 6.07) is 6.02. The van der Waals surface area contributed by atoms with Crippen molar-refractivity contribution in [3.8, 4) is 0 Å². The molecule has 2 aromatic rings. The van der Waals surface area contributed by atoms with Gasteiger partial charge < -0.3 is 9.73 Å². The molecule has 90 valence electrons. The molecule has 17 heavy (non-hydrogen) atoms. The topological polar surface area (TPSA) is 55.1 Å². The molecule has 1 aromatic heterocycles. The summed E-state index contributed by atoms with van der Waals surface area (Å²) in [5, 5.41) is 3.24. The Bertz CT molecular complexity index is 505. The third-order valence-electron chi connectivity index (χ3n) is 2.64. The highest BCUT2D eigenvalue weighted by molar-refractivity contribution is 5.75. The van der Waals surface area contributed by atoms with Crippen molar-refractivity contribution in [1.29, 1.82) is 0 Å². The number of hydrogen-bond donors (Lipinski definition) is 1. The first-order valence-corrected chi connectivity index (χ1v) is 5.78. The first kappa shape index (κ1) is 11.8. The maximum atomic E-state index is 10.7. The van der Waals surface area contributed by atoms with Crippen LogP contribution in [-0.4, -0.2) is 23.9 Å². The minimum atomic E-state index is 0.223. The molecule has 2 rings (SSSR count). The van der Waals surface area contributed by atoms with Gasteiger partial charge in [-0.05, 0) is 37.6 Å². The number of benzene rings is 1. The predicted octanol–water partition coefficient (Wildman–Crippen LogP) is 1.94. The largest absolute Gasteiger partial charge is 0.443 e. The van der Waals surface area contributed by atoms with Crippen LogP contribution in [0.25, 0.3) is 11.1 Å². The molecule has 1 aromatic carbocycles. The number of fused-ring (bicyclic) bond motifs is 1. The van der Waals surface area contributed by atoms with Gasteiger partial charge in [-0.3, -0.25) is 4.79 Å². The second-order valence-electron chi connectivity index (χ2n) is 4.11. The molecular weight excluding hydrogens is 216 g/mol. The molecule has 0 spiro atoms. The van der Waals surface area contributed by atoms with Gasteiger partial charge in [-0.15, -0.1) is 0 Å². The van der Waals surface area contributed by atoms with Crippen molar-refractivity contribution >= 4 is 16.9 Å². The zero-order valence-electron chi connectivity index (χ0n) is 9.90. The summed E-state index contributed by atoms with van der Waals surface area (Å²) < 4.78 is 5.24. The third-order valence-corrected chi connectivity index (χ3v) is 2.64. The highest BCUT2D eigenvalue weighted by Gasteiger charge is 2.00. The summed E-state index contributed by atoms with van der Waals surface area (Å²) in [5.41, 5.74) is 2.93. The predicted molar refractivity (Wildman–Crippen MR) is 65.9 cm³/mol. The van der Waals surface area contributed by atoms with Crippen LogP contribution in [0.3, 0.4) is 0 Å². The van der Waals surface area contributed by atoms with E-state index in [0.717, 1.165) is 30.6 Å². The Kier molecular flexibility index (Phi) is 3.88. The van der Waals surface area contributed by atoms with Crippen LogP contribution >= 0.6 is 0 Å². The summed E-state index contributed by atoms with van der Waals surface area (Å²) in [7, 11) is 0. The van der Waals surface area contributed by atoms with Gasteiger partial charge in [-0.25, -0.2) is 4.98 Å². The fourth-order valence-electron chi connectivity index (χ4n) is 1.68. The van der Waals surface area contributed by atoms with Gasteiger partial charge in [-0.1, -0.05) is 6.07 Å². The third kappa shape index (κ3) is 3.39. The van der Waals surface area contributed by atoms with Crippen LogP contribution in [0.5, 0.6) is 0 Å². The molecule has 0 amide bonds. The minimum absolute atomic E-state index is 0.223. The number of carbonyl (C=O) groups excluding carboxylic acids is 1. The second-order valence-corrected chi connectivity index (χ2v) is 4.11. The number of nitrogens with zero attached hydrogens (tertiary/aromatic N) is 1. The van der Waals surface area contributed by atoms with Crippen LogP contribution in [0.4, 0.5) is 0 Å². The number of nitrogens with one attached hydrogen (secondary N) is 1. The highest BCUT2D eigenvalue weighted by Crippen LogP contribution is 2.14. The molecule has 0 unspecified atom stereocenters. The van der Waals surface area contributed by atoms with Crippen LogP contribution in [0.2, 0.25) is 0 Å². The summed E-state index contributed by atoms with van der Waals surface area (Å²) >= 11 is 0. The normalized spacial score (nSPS) is 10.9. The van der Waals surface area contributed by atoms with Crippen molar-refractivity contribution in [2.75, 3.05) is 13.1 Å². The van der Waals surface area contributed by atoms with Gasteiger partial charge >= 0.3 is 0 Å². The maximum absolute atomic E-state index is 10.7. The van der Waals surface area contributed by atoms with Gasteiger partial charge in [0.15, 0.2) is 12.0 Å². The molecule has 0 saturated heterocycles. The van der Waals surface area contributed by atoms with E-state index in [1.54, 1.807) is 6.92 Å². The van der Waals surface area contributed by atoms with Gasteiger partial charge in [-0.2, -0.15) is 0 Å². The number of ketones is 1. The van der Waals surface area contributed by atoms with Crippen LogP contribution in [0.15, 0.2) is 29.0 Å². The summed E-state index contributed by atoms with van der Waals surface area (Å²) in [6.07, 6.45) is 2.98. The molecule has 0 aliphatic rings. The Morgan fingerprint density at radius 3 is 3.12 bits per heavy atom. The molecule has 0 aliphatic heterocycles. The molecule has 0 fully saturated rings. The van der Waals surface area contributed by atoms with Crippen LogP contribution < -0.4 is 5.32 Å². The van der Waals surface area contributed by atoms with Crippen molar-refractivity contribution < 1.29 is 9.21 Å². The quantitative estimate of drug-likeness (QED) is 0.773. The van der Waals surface area contributed by atoms with E-state index in [4.69, 9.17) is 4.42 Å². The van der Waals surface area contributed by atoms with Gasteiger partial charge in [0.05, 0.1) is 0 Å². The fraction of sp³-hybridized carbons (Fsp3) is 0.385. The molecule has 1 N–H and O–H groups in total. The molecular formula is C13H16N2O2. The van der Waals surface area contributed by atoms with Crippen molar-refractivity contribution in [3.63, 3.8) is 0 Å². The monoisotopic (exact) mass is 232 g/mol. The lowest BCUT2D eigenvalue weighted by molar-refractivity contribution is -0.116. The number of rotatable bonds is 6. The molecule has 0 atom stereocenters. The first-order valence-electron chi connectivity index (χ1n) is 5.78. The lowest BCUT2D eigenvalue weighted by atomic mass is 10.1. The smallest absolute Gasteiger partial charge is 0.181 e. The Morgan fingerprint density at radius 1 is 1.41 bits per heavy atom. The summed E-state index contributed by atoms with van der Waals surface area (Å²) in [4.78, 5) is 14.8. The van der Waals surface area contributed by atoms with E-state index >= 15 is 0 Å². The summed E-state index contributed by atoms with van der Waals surface area (Å²) in [5.74, 6) is 0.223. The van der Waals surface area contributed by atoms with Crippen LogP contribution in [-0.2, 0) is 11.2 Å². The molecule has 0 bridgehead atoms. The zero-order chi connectivity index (χ0) is 12.1. The molecule has 0 saturated carbocycles. The zero-order valence-corrected chi connectivity index (χ0v) is 9.90. The summed E-state index contributed by atoms with van der Waals surface area (Å²) in [6.45, 7) is 3.23. The van der Waals surface area contributed by atoms with Crippen LogP contribution in [0.1, 0.15) is 18.9 Å². The van der Waals surface area contributed by atoms with E-state index in [2.05, 4.69) is 16.4 Å². The number of oxazole rings is 1. The standard InChI is InChI=1S/C13H16N2O2/c1-10(16)4-6-14-7-5-11-2-3-12-13(8-11)17-9-15-12/h2-3,8-9,14H,4-7H2,1H3. The Morgan fingerprint density at radius 2 is 2.29 bits per heavy atom. The number of hydrogen-bond acceptors (Lipinski definition) is 4. The molecule has 4 nitrogen and oxygen atoms in total. The SMILES string of the molecule is CC(=O)CCNCCc1ccc2ncoc2c1. The van der Waals surface area contributed by atoms with Gasteiger partial charge in [0, 0.05) is 13.0 Å². The van der Waals surface area contributed by atoms with Crippen LogP contribution in [0, 0.1) is 0 Å². The van der Waals surface area contributed by atoms with E-state index < -0.39 is 0 Å². The fourth-order valence-corrected chi connectivity index (χ4v) is 1.68. The Hall–Kier alpha value is -1.68. The first-order chi connectivity index (χ1) is 8.25. The molecule has 0 radical (unpaired) electrons. The van der Waals surface area contributed by atoms with Crippen molar-refractivity contribution in [2.45, 2.75) is 19.8 Å². The highest BCUT2D eigenvalue weighted by atomic mass is 16.3. The van der Waals surface area contributed by atoms with E-state index in [9.17, 15) is 4.79 Å². The maximum Gasteiger partial charge on any atom is 0.181 e. The van der Waals surface area contributed by atoms with Crippen molar-refractivity contribution in [1.82, 2.24) is 10.3 Å². The number of aromatic nitrogens is 1. The minimum Gasteiger partial charge on any atom is -0.443 e. The number of carbonyl (C=O) groups is 1. The van der Waals surface area contributed by atoms with Crippen molar-refractivity contribution in [2.24, 2.45) is 0 Å². The Balaban J connectivity index is 1.80.